The molecule has 6 nitrogen and oxygen atoms in total. The first-order valence-electron chi connectivity index (χ1n) is 21.6. The first-order valence-corrected chi connectivity index (χ1v) is 21.6. The molecular formula is C46H80O6. The van der Waals surface area contributed by atoms with E-state index in [9.17, 15) is 14.4 Å². The number of unbranched alkanes of at least 4 members (excludes halogenated alkanes) is 19. The van der Waals surface area contributed by atoms with Crippen LogP contribution in [-0.4, -0.2) is 37.2 Å². The molecule has 0 rings (SSSR count). The zero-order valence-corrected chi connectivity index (χ0v) is 34.1. The van der Waals surface area contributed by atoms with Gasteiger partial charge in [0.05, 0.1) is 0 Å². The first-order chi connectivity index (χ1) is 25.5. The molecule has 0 fully saturated rings. The van der Waals surface area contributed by atoms with Gasteiger partial charge in [-0.05, 0) is 77.0 Å². The SMILES string of the molecule is CCCC/C=C\CCCCCCCC(=O)OC(COC(=O)CC/C=C\C/C=C\CCCCCCCC)COC(=O)CCCCCC/C=C\CCCC. The fraction of sp³-hybridized carbons (Fsp3) is 0.761. The summed E-state index contributed by atoms with van der Waals surface area (Å²) in [7, 11) is 0. The third-order valence-corrected chi connectivity index (χ3v) is 9.04. The van der Waals surface area contributed by atoms with E-state index in [1.54, 1.807) is 0 Å². The monoisotopic (exact) mass is 729 g/mol. The standard InChI is InChI=1S/C46H80O6/c1-4-7-10-13-16-19-22-23-25-27-30-33-36-39-45(48)51-42-43(41-50-44(47)38-35-32-29-26-21-18-15-12-9-6-3)52-46(49)40-37-34-31-28-24-20-17-14-11-8-5-2/h14-15,17-18,23,25,30,33,43H,4-13,16,19-22,24,26-29,31-32,34-42H2,1-3H3/b17-14-,18-15-,25-23-,33-30-. The topological polar surface area (TPSA) is 78.9 Å². The normalized spacial score (nSPS) is 12.4. The number of carbonyl (C=O) groups excluding carboxylic acids is 3. The fourth-order valence-electron chi connectivity index (χ4n) is 5.69. The van der Waals surface area contributed by atoms with E-state index < -0.39 is 6.10 Å². The molecule has 0 aliphatic heterocycles. The van der Waals surface area contributed by atoms with Crippen LogP contribution in [0.4, 0.5) is 0 Å². The molecule has 1 unspecified atom stereocenters. The van der Waals surface area contributed by atoms with Gasteiger partial charge in [-0.2, -0.15) is 0 Å². The van der Waals surface area contributed by atoms with Crippen LogP contribution in [0.25, 0.3) is 0 Å². The summed E-state index contributed by atoms with van der Waals surface area (Å²) in [6.07, 6.45) is 46.8. The van der Waals surface area contributed by atoms with Gasteiger partial charge in [-0.3, -0.25) is 14.4 Å². The minimum Gasteiger partial charge on any atom is -0.462 e. The van der Waals surface area contributed by atoms with Crippen molar-refractivity contribution in [2.45, 2.75) is 213 Å². The largest absolute Gasteiger partial charge is 0.462 e. The van der Waals surface area contributed by atoms with Gasteiger partial charge in [0.25, 0.3) is 0 Å². The Morgan fingerprint density at radius 3 is 1.25 bits per heavy atom. The predicted octanol–water partition coefficient (Wildman–Crippen LogP) is 13.6. The Kier molecular flexibility index (Phi) is 39.1. The second-order valence-corrected chi connectivity index (χ2v) is 14.2. The van der Waals surface area contributed by atoms with Crippen molar-refractivity contribution in [3.8, 4) is 0 Å². The van der Waals surface area contributed by atoms with Gasteiger partial charge in [-0.15, -0.1) is 0 Å². The molecule has 0 N–H and O–H groups in total. The van der Waals surface area contributed by atoms with Gasteiger partial charge in [0.2, 0.25) is 0 Å². The Hall–Kier alpha value is -2.63. The molecule has 0 bridgehead atoms. The highest BCUT2D eigenvalue weighted by Gasteiger charge is 2.19. The number of hydrogen-bond donors (Lipinski definition) is 0. The molecule has 0 heterocycles. The lowest BCUT2D eigenvalue weighted by molar-refractivity contribution is -0.166. The minimum absolute atomic E-state index is 0.100. The maximum absolute atomic E-state index is 12.7. The molecule has 0 aliphatic carbocycles. The average molecular weight is 729 g/mol. The lowest BCUT2D eigenvalue weighted by Gasteiger charge is -2.18. The van der Waals surface area contributed by atoms with Gasteiger partial charge in [0, 0.05) is 19.3 Å². The molecule has 0 amide bonds. The van der Waals surface area contributed by atoms with E-state index in [1.165, 1.54) is 77.0 Å². The zero-order chi connectivity index (χ0) is 38.0. The van der Waals surface area contributed by atoms with E-state index in [2.05, 4.69) is 63.3 Å². The van der Waals surface area contributed by atoms with Gasteiger partial charge in [0.1, 0.15) is 13.2 Å². The van der Waals surface area contributed by atoms with Crippen LogP contribution in [0.2, 0.25) is 0 Å². The van der Waals surface area contributed by atoms with Crippen LogP contribution in [0, 0.1) is 0 Å². The maximum atomic E-state index is 12.7. The predicted molar refractivity (Wildman–Crippen MR) is 219 cm³/mol. The summed E-state index contributed by atoms with van der Waals surface area (Å²) in [6.45, 7) is 6.45. The van der Waals surface area contributed by atoms with Crippen LogP contribution in [0.1, 0.15) is 207 Å². The third kappa shape index (κ3) is 38.6. The second-order valence-electron chi connectivity index (χ2n) is 14.2. The molecule has 0 aromatic carbocycles. The Labute approximate surface area is 320 Å². The molecular weight excluding hydrogens is 648 g/mol. The Morgan fingerprint density at radius 1 is 0.385 bits per heavy atom. The van der Waals surface area contributed by atoms with Crippen LogP contribution in [0.5, 0.6) is 0 Å². The van der Waals surface area contributed by atoms with Crippen LogP contribution >= 0.6 is 0 Å². The highest BCUT2D eigenvalue weighted by Crippen LogP contribution is 2.12. The summed E-state index contributed by atoms with van der Waals surface area (Å²) < 4.78 is 16.6. The van der Waals surface area contributed by atoms with E-state index in [-0.39, 0.29) is 37.5 Å². The molecule has 0 radical (unpaired) electrons. The molecule has 1 atom stereocenters. The average Bonchev–Trinajstić information content (AvgIpc) is 3.14. The van der Waals surface area contributed by atoms with Gasteiger partial charge >= 0.3 is 17.9 Å². The van der Waals surface area contributed by atoms with Crippen molar-refractivity contribution in [2.75, 3.05) is 13.2 Å². The lowest BCUT2D eigenvalue weighted by atomic mass is 10.1. The summed E-state index contributed by atoms with van der Waals surface area (Å²) in [6, 6.07) is 0. The lowest BCUT2D eigenvalue weighted by Crippen LogP contribution is -2.30. The van der Waals surface area contributed by atoms with E-state index >= 15 is 0 Å². The van der Waals surface area contributed by atoms with Crippen molar-refractivity contribution in [3.05, 3.63) is 48.6 Å². The van der Waals surface area contributed by atoms with Crippen molar-refractivity contribution in [1.82, 2.24) is 0 Å². The molecule has 52 heavy (non-hydrogen) atoms. The van der Waals surface area contributed by atoms with E-state index in [1.807, 2.05) is 6.08 Å². The highest BCUT2D eigenvalue weighted by molar-refractivity contribution is 5.71. The minimum atomic E-state index is -0.799. The van der Waals surface area contributed by atoms with Crippen LogP contribution in [0.15, 0.2) is 48.6 Å². The van der Waals surface area contributed by atoms with Gasteiger partial charge < -0.3 is 14.2 Å². The Balaban J connectivity index is 4.47. The van der Waals surface area contributed by atoms with E-state index in [0.717, 1.165) is 83.5 Å². The molecule has 0 aliphatic rings. The molecule has 0 aromatic rings. The summed E-state index contributed by atoms with van der Waals surface area (Å²) in [4.78, 5) is 37.5. The van der Waals surface area contributed by atoms with E-state index in [4.69, 9.17) is 14.2 Å². The van der Waals surface area contributed by atoms with Crippen molar-refractivity contribution in [3.63, 3.8) is 0 Å². The summed E-state index contributed by atoms with van der Waals surface area (Å²) in [5.41, 5.74) is 0. The second kappa shape index (κ2) is 41.1. The number of rotatable bonds is 38. The van der Waals surface area contributed by atoms with Crippen LogP contribution in [-0.2, 0) is 28.6 Å². The maximum Gasteiger partial charge on any atom is 0.306 e. The smallest absolute Gasteiger partial charge is 0.306 e. The first kappa shape index (κ1) is 49.4. The quantitative estimate of drug-likeness (QED) is 0.0272. The fourth-order valence-corrected chi connectivity index (χ4v) is 5.69. The molecule has 0 spiro atoms. The number of allylic oxidation sites excluding steroid dienone is 8. The van der Waals surface area contributed by atoms with Gasteiger partial charge in [0.15, 0.2) is 6.10 Å². The molecule has 0 aromatic heterocycles. The summed E-state index contributed by atoms with van der Waals surface area (Å²) >= 11 is 0. The van der Waals surface area contributed by atoms with Crippen LogP contribution < -0.4 is 0 Å². The number of carbonyl (C=O) groups is 3. The van der Waals surface area contributed by atoms with Gasteiger partial charge in [-0.1, -0.05) is 159 Å². The molecule has 0 saturated heterocycles. The number of ether oxygens (including phenoxy) is 3. The number of hydrogen-bond acceptors (Lipinski definition) is 6. The summed E-state index contributed by atoms with van der Waals surface area (Å²) in [5, 5.41) is 0. The van der Waals surface area contributed by atoms with Crippen molar-refractivity contribution >= 4 is 17.9 Å². The van der Waals surface area contributed by atoms with Crippen molar-refractivity contribution < 1.29 is 28.6 Å². The molecule has 0 saturated carbocycles. The van der Waals surface area contributed by atoms with E-state index in [0.29, 0.717) is 19.3 Å². The number of esters is 3. The van der Waals surface area contributed by atoms with Crippen molar-refractivity contribution in [2.24, 2.45) is 0 Å². The van der Waals surface area contributed by atoms with Crippen molar-refractivity contribution in [1.29, 1.82) is 0 Å². The summed E-state index contributed by atoms with van der Waals surface area (Å²) in [5.74, 6) is -0.999. The molecule has 6 heteroatoms. The van der Waals surface area contributed by atoms with Gasteiger partial charge in [-0.25, -0.2) is 0 Å². The Morgan fingerprint density at radius 2 is 0.750 bits per heavy atom. The zero-order valence-electron chi connectivity index (χ0n) is 34.1. The third-order valence-electron chi connectivity index (χ3n) is 9.04. The highest BCUT2D eigenvalue weighted by atomic mass is 16.6. The molecule has 300 valence electrons. The van der Waals surface area contributed by atoms with Crippen LogP contribution in [0.3, 0.4) is 0 Å². The Bertz CT molecular complexity index is 933.